The van der Waals surface area contributed by atoms with Crippen LogP contribution in [0.1, 0.15) is 20.3 Å². The first kappa shape index (κ1) is 43.8. The molecule has 2 aliphatic heterocycles. The summed E-state index contributed by atoms with van der Waals surface area (Å²) >= 11 is 0. The lowest BCUT2D eigenvalue weighted by atomic mass is 10.2. The summed E-state index contributed by atoms with van der Waals surface area (Å²) in [7, 11) is -12.8. The molecule has 0 atom stereocenters. The van der Waals surface area contributed by atoms with Gasteiger partial charge in [0.15, 0.2) is 0 Å². The normalized spacial score (nSPS) is 18.8. The fourth-order valence-electron chi connectivity index (χ4n) is 3.30. The number of nitrogens with zero attached hydrogens (tertiary/aromatic N) is 2. The van der Waals surface area contributed by atoms with Crippen molar-refractivity contribution >= 4 is 20.1 Å². The van der Waals surface area contributed by atoms with E-state index in [0.29, 0.717) is 26.3 Å². The van der Waals surface area contributed by atoms with Crippen LogP contribution in [-0.4, -0.2) is 139 Å². The summed E-state index contributed by atoms with van der Waals surface area (Å²) in [6.07, 6.45) is -0.358. The van der Waals surface area contributed by atoms with Gasteiger partial charge in [-0.25, -0.2) is 8.42 Å². The Morgan fingerprint density at radius 3 is 1.24 bits per heavy atom. The van der Waals surface area contributed by atoms with E-state index in [0.717, 1.165) is 39.4 Å². The molecular formula is C21H34F13N3O6S2. The first-order valence-corrected chi connectivity index (χ1v) is 15.8. The lowest BCUT2D eigenvalue weighted by molar-refractivity contribution is -0.272. The molecule has 2 aliphatic rings. The highest BCUT2D eigenvalue weighted by Gasteiger charge is 2.76. The van der Waals surface area contributed by atoms with Crippen LogP contribution in [0.15, 0.2) is 0 Å². The summed E-state index contributed by atoms with van der Waals surface area (Å²) in [5.74, 6) is -24.1. The number of alkyl halides is 12. The molecule has 0 unspecified atom stereocenters. The number of hydrogen-bond acceptors (Lipinski definition) is 9. The lowest BCUT2D eigenvalue weighted by Crippen LogP contribution is -2.57. The van der Waals surface area contributed by atoms with Gasteiger partial charge in [-0.1, -0.05) is 3.89 Å². The molecule has 0 aromatic heterocycles. The predicted octanol–water partition coefficient (Wildman–Crippen LogP) is 3.45. The Morgan fingerprint density at radius 1 is 0.622 bits per heavy atom. The number of sulfone groups is 1. The molecule has 0 amide bonds. The molecule has 0 saturated carbocycles. The zero-order valence-corrected chi connectivity index (χ0v) is 25.5. The fourth-order valence-corrected chi connectivity index (χ4v) is 5.12. The average molecular weight is 736 g/mol. The first-order valence-electron chi connectivity index (χ1n) is 12.7. The highest BCUT2D eigenvalue weighted by atomic mass is 32.3. The van der Waals surface area contributed by atoms with E-state index in [1.165, 1.54) is 0 Å². The largest absolute Gasteiger partial charge is 0.442 e. The van der Waals surface area contributed by atoms with Crippen molar-refractivity contribution in [2.45, 2.75) is 54.5 Å². The van der Waals surface area contributed by atoms with Crippen LogP contribution in [-0.2, 0) is 29.5 Å². The Morgan fingerprint density at radius 2 is 0.956 bits per heavy atom. The maximum absolute atomic E-state index is 13.4. The van der Waals surface area contributed by atoms with E-state index in [4.69, 9.17) is 15.2 Å². The van der Waals surface area contributed by atoms with Crippen molar-refractivity contribution in [1.29, 1.82) is 0 Å². The highest BCUT2D eigenvalue weighted by molar-refractivity contribution is 7.92. The van der Waals surface area contributed by atoms with Crippen LogP contribution < -0.4 is 5.73 Å². The van der Waals surface area contributed by atoms with E-state index in [2.05, 4.69) is 4.90 Å². The summed E-state index contributed by atoms with van der Waals surface area (Å²) < 4.78 is 214. The van der Waals surface area contributed by atoms with Crippen molar-refractivity contribution in [2.75, 3.05) is 78.0 Å². The lowest BCUT2D eigenvalue weighted by Gasteiger charge is -2.30. The van der Waals surface area contributed by atoms with Gasteiger partial charge in [0.1, 0.15) is 0 Å². The molecule has 0 aliphatic carbocycles. The third kappa shape index (κ3) is 11.5. The maximum Gasteiger partial charge on any atom is 0.442 e. The van der Waals surface area contributed by atoms with Crippen LogP contribution in [0, 0.1) is 0 Å². The van der Waals surface area contributed by atoms with Crippen molar-refractivity contribution in [2.24, 2.45) is 5.73 Å². The number of hydrogen-bond donors (Lipinski definition) is 1. The second kappa shape index (κ2) is 16.3. The van der Waals surface area contributed by atoms with Gasteiger partial charge in [-0.2, -0.15) is 61.1 Å². The van der Waals surface area contributed by atoms with Crippen molar-refractivity contribution in [1.82, 2.24) is 9.80 Å². The number of ether oxygens (including phenoxy) is 2. The minimum absolute atomic E-state index is 0.0762. The first-order chi connectivity index (χ1) is 20.0. The molecule has 45 heavy (non-hydrogen) atoms. The summed E-state index contributed by atoms with van der Waals surface area (Å²) in [5, 5.41) is -12.3. The zero-order valence-electron chi connectivity index (χ0n) is 23.8. The molecule has 0 bridgehead atoms. The Labute approximate surface area is 251 Å². The van der Waals surface area contributed by atoms with Gasteiger partial charge < -0.3 is 15.2 Å². The van der Waals surface area contributed by atoms with Gasteiger partial charge in [0, 0.05) is 53.1 Å². The van der Waals surface area contributed by atoms with E-state index >= 15 is 0 Å². The number of morpholine rings is 2. The molecule has 2 heterocycles. The molecular weight excluding hydrogens is 701 g/mol. The van der Waals surface area contributed by atoms with Crippen LogP contribution in [0.3, 0.4) is 0 Å². The Bertz CT molecular complexity index is 1100. The molecule has 0 radical (unpaired) electrons. The third-order valence-electron chi connectivity index (χ3n) is 6.07. The topological polar surface area (TPSA) is 119 Å². The minimum atomic E-state index is -7.11. The molecule has 2 fully saturated rings. The van der Waals surface area contributed by atoms with E-state index in [9.17, 15) is 73.4 Å². The van der Waals surface area contributed by atoms with Crippen LogP contribution in [0.4, 0.5) is 56.6 Å². The quantitative estimate of drug-likeness (QED) is 0.238. The average Bonchev–Trinajstić information content (AvgIpc) is 2.88. The second-order valence-electron chi connectivity index (χ2n) is 9.77. The molecule has 24 heteroatoms. The summed E-state index contributed by atoms with van der Waals surface area (Å²) in [6.45, 7) is 6.33. The van der Waals surface area contributed by atoms with Gasteiger partial charge in [-0.05, 0) is 13.0 Å². The van der Waals surface area contributed by atoms with Crippen LogP contribution >= 0.6 is 0 Å². The zero-order chi connectivity index (χ0) is 35.8. The van der Waals surface area contributed by atoms with Gasteiger partial charge in [0.05, 0.1) is 32.2 Å². The Hall–Kier alpha value is -1.21. The van der Waals surface area contributed by atoms with Crippen molar-refractivity contribution in [3.63, 3.8) is 0 Å². The molecule has 2 saturated heterocycles. The van der Waals surface area contributed by atoms with Crippen molar-refractivity contribution in [3.8, 4) is 0 Å². The Balaban J connectivity index is 0.000000715. The van der Waals surface area contributed by atoms with Crippen LogP contribution in [0.5, 0.6) is 0 Å². The van der Waals surface area contributed by atoms with Gasteiger partial charge in [-0.3, -0.25) is 9.80 Å². The third-order valence-corrected chi connectivity index (χ3v) is 8.80. The van der Waals surface area contributed by atoms with E-state index < -0.39 is 73.9 Å². The number of rotatable bonds is 12. The van der Waals surface area contributed by atoms with Gasteiger partial charge in [0.2, 0.25) is 9.84 Å². The van der Waals surface area contributed by atoms with Gasteiger partial charge in [0.25, 0.3) is 0 Å². The van der Waals surface area contributed by atoms with Crippen LogP contribution in [0.25, 0.3) is 0 Å². The van der Waals surface area contributed by atoms with Crippen LogP contribution in [0.2, 0.25) is 0 Å². The van der Waals surface area contributed by atoms with Crippen molar-refractivity contribution < 1.29 is 82.9 Å². The maximum atomic E-state index is 13.4. The number of halogens is 13. The van der Waals surface area contributed by atoms with Gasteiger partial charge >= 0.3 is 44.4 Å². The van der Waals surface area contributed by atoms with E-state index in [-0.39, 0.29) is 13.0 Å². The second-order valence-corrected chi connectivity index (χ2v) is 13.3. The molecule has 0 aromatic rings. The molecule has 2 N–H and O–H groups in total. The van der Waals surface area contributed by atoms with E-state index in [1.807, 2.05) is 0 Å². The Kier molecular flexibility index (Phi) is 15.8. The summed E-state index contributed by atoms with van der Waals surface area (Å²) in [5.41, 5.74) is 5.38. The van der Waals surface area contributed by atoms with E-state index in [1.54, 1.807) is 4.90 Å². The van der Waals surface area contributed by atoms with Gasteiger partial charge in [-0.15, -0.1) is 0 Å². The molecule has 9 nitrogen and oxygen atoms in total. The highest BCUT2D eigenvalue weighted by Crippen LogP contribution is 2.49. The molecule has 2 rings (SSSR count). The SMILES string of the molecule is CC(F)(F)C(F)(F)C(F)(F)S(=O)(=O)CCCN1CCOCC1.CC(F)(F)C(F)(F)C(F)(F)S(=O)(=O)F.NCCN1CCOCC1. The van der Waals surface area contributed by atoms with Crippen molar-refractivity contribution in [3.05, 3.63) is 0 Å². The molecule has 272 valence electrons. The monoisotopic (exact) mass is 735 g/mol. The smallest absolute Gasteiger partial charge is 0.379 e. The number of nitrogens with two attached hydrogens (primary N) is 1. The summed E-state index contributed by atoms with van der Waals surface area (Å²) in [6, 6.07) is 0. The molecule has 0 aromatic carbocycles. The fraction of sp³-hybridized carbons (Fsp3) is 1.00. The standard InChI is InChI=1S/C11H17F6NO3S.C6H14N2O.C4H3F7O2S/c1-9(12,13)10(14,15)11(16,17)22(19,20)8-2-3-18-4-6-21-7-5-18;7-1-2-8-3-5-9-6-4-8;1-2(5,6)3(7,8)4(9,10)14(11,12)13/h2-8H2,1H3;1-7H2;1H3. The summed E-state index contributed by atoms with van der Waals surface area (Å²) in [4.78, 5) is 4.03. The molecule has 0 spiro atoms. The minimum Gasteiger partial charge on any atom is -0.379 e. The predicted molar refractivity (Wildman–Crippen MR) is 133 cm³/mol.